The average molecular weight is 234 g/mol. The van der Waals surface area contributed by atoms with Gasteiger partial charge in [0.25, 0.3) is 0 Å². The van der Waals surface area contributed by atoms with Crippen molar-refractivity contribution in [2.24, 2.45) is 0 Å². The lowest BCUT2D eigenvalue weighted by molar-refractivity contribution is -0.153. The van der Waals surface area contributed by atoms with E-state index in [4.69, 9.17) is 27.5 Å². The highest BCUT2D eigenvalue weighted by atomic mass is 35.5. The second-order valence-electron chi connectivity index (χ2n) is 2.69. The van der Waals surface area contributed by atoms with Gasteiger partial charge in [0.2, 0.25) is 0 Å². The second kappa shape index (κ2) is 4.39. The van der Waals surface area contributed by atoms with Crippen molar-refractivity contribution >= 4 is 23.4 Å². The SMILES string of the molecule is Nc1ncnc(Cl)c1C(O)C(O)C(=O)O. The largest absolute Gasteiger partial charge is 0.479 e. The fourth-order valence-electron chi connectivity index (χ4n) is 0.953. The summed E-state index contributed by atoms with van der Waals surface area (Å²) in [6, 6.07) is 0. The minimum Gasteiger partial charge on any atom is -0.479 e. The van der Waals surface area contributed by atoms with E-state index >= 15 is 0 Å². The fourth-order valence-corrected chi connectivity index (χ4v) is 1.21. The third-order valence-corrected chi connectivity index (χ3v) is 2.02. The fraction of sp³-hybridized carbons (Fsp3) is 0.286. The summed E-state index contributed by atoms with van der Waals surface area (Å²) >= 11 is 5.58. The quantitative estimate of drug-likeness (QED) is 0.503. The zero-order chi connectivity index (χ0) is 11.6. The Morgan fingerprint density at radius 2 is 2.07 bits per heavy atom. The Balaban J connectivity index is 3.10. The maximum Gasteiger partial charge on any atom is 0.335 e. The van der Waals surface area contributed by atoms with Crippen LogP contribution in [-0.2, 0) is 4.79 Å². The van der Waals surface area contributed by atoms with E-state index in [-0.39, 0.29) is 16.5 Å². The smallest absolute Gasteiger partial charge is 0.335 e. The van der Waals surface area contributed by atoms with E-state index in [0.717, 1.165) is 6.33 Å². The average Bonchev–Trinajstić information content (AvgIpc) is 2.15. The molecule has 1 rings (SSSR count). The molecule has 0 saturated carbocycles. The van der Waals surface area contributed by atoms with Crippen LogP contribution in [0.1, 0.15) is 11.7 Å². The number of carboxylic acid groups (broad SMARTS) is 1. The number of carboxylic acids is 1. The van der Waals surface area contributed by atoms with Crippen LogP contribution in [0.15, 0.2) is 6.33 Å². The molecule has 82 valence electrons. The van der Waals surface area contributed by atoms with Gasteiger partial charge in [-0.3, -0.25) is 0 Å². The van der Waals surface area contributed by atoms with Gasteiger partial charge in [0.15, 0.2) is 6.10 Å². The van der Waals surface area contributed by atoms with Crippen LogP contribution >= 0.6 is 11.6 Å². The van der Waals surface area contributed by atoms with Crippen molar-refractivity contribution in [3.05, 3.63) is 17.0 Å². The molecule has 8 heteroatoms. The minimum atomic E-state index is -2.03. The van der Waals surface area contributed by atoms with Gasteiger partial charge in [0.1, 0.15) is 23.4 Å². The Morgan fingerprint density at radius 1 is 1.47 bits per heavy atom. The molecule has 0 aliphatic carbocycles. The lowest BCUT2D eigenvalue weighted by Crippen LogP contribution is -2.28. The molecular formula is C7H8ClN3O4. The van der Waals surface area contributed by atoms with Crippen molar-refractivity contribution in [3.8, 4) is 0 Å². The number of aliphatic hydroxyl groups excluding tert-OH is 2. The van der Waals surface area contributed by atoms with Gasteiger partial charge in [-0.05, 0) is 0 Å². The molecule has 0 aliphatic heterocycles. The minimum absolute atomic E-state index is 0.178. The number of anilines is 1. The number of aromatic nitrogens is 2. The first-order chi connectivity index (χ1) is 6.95. The second-order valence-corrected chi connectivity index (χ2v) is 3.05. The highest BCUT2D eigenvalue weighted by molar-refractivity contribution is 6.30. The first-order valence-corrected chi connectivity index (χ1v) is 4.17. The Labute approximate surface area is 89.2 Å². The summed E-state index contributed by atoms with van der Waals surface area (Å²) in [5.41, 5.74) is 5.16. The van der Waals surface area contributed by atoms with Crippen molar-refractivity contribution < 1.29 is 20.1 Å². The summed E-state index contributed by atoms with van der Waals surface area (Å²) in [5.74, 6) is -1.77. The summed E-state index contributed by atoms with van der Waals surface area (Å²) in [4.78, 5) is 17.4. The first-order valence-electron chi connectivity index (χ1n) is 3.80. The third kappa shape index (κ3) is 2.32. The number of hydrogen-bond donors (Lipinski definition) is 4. The van der Waals surface area contributed by atoms with Crippen LogP contribution < -0.4 is 5.73 Å². The molecule has 15 heavy (non-hydrogen) atoms. The number of halogens is 1. The molecule has 1 aromatic heterocycles. The van der Waals surface area contributed by atoms with Gasteiger partial charge in [0, 0.05) is 0 Å². The molecule has 1 aromatic rings. The number of aliphatic carboxylic acids is 1. The zero-order valence-corrected chi connectivity index (χ0v) is 8.09. The van der Waals surface area contributed by atoms with E-state index in [1.807, 2.05) is 0 Å². The predicted molar refractivity (Wildman–Crippen MR) is 50.1 cm³/mol. The molecule has 2 unspecified atom stereocenters. The van der Waals surface area contributed by atoms with Gasteiger partial charge < -0.3 is 21.1 Å². The maximum atomic E-state index is 10.4. The Hall–Kier alpha value is -1.44. The Kier molecular flexibility index (Phi) is 3.40. The van der Waals surface area contributed by atoms with E-state index in [1.165, 1.54) is 0 Å². The molecule has 0 aromatic carbocycles. The third-order valence-electron chi connectivity index (χ3n) is 1.71. The van der Waals surface area contributed by atoms with Gasteiger partial charge in [-0.25, -0.2) is 14.8 Å². The molecule has 0 spiro atoms. The van der Waals surface area contributed by atoms with E-state index in [9.17, 15) is 9.90 Å². The molecule has 0 aliphatic rings. The van der Waals surface area contributed by atoms with Crippen LogP contribution in [-0.4, -0.2) is 37.4 Å². The molecule has 0 amide bonds. The molecule has 2 atom stereocenters. The summed E-state index contributed by atoms with van der Waals surface area (Å²) in [6.45, 7) is 0. The molecule has 0 saturated heterocycles. The van der Waals surface area contributed by atoms with Gasteiger partial charge in [-0.1, -0.05) is 11.6 Å². The molecule has 5 N–H and O–H groups in total. The van der Waals surface area contributed by atoms with Crippen LogP contribution in [0.4, 0.5) is 5.82 Å². The number of nitrogen functional groups attached to an aromatic ring is 1. The molecule has 0 fully saturated rings. The van der Waals surface area contributed by atoms with E-state index < -0.39 is 18.2 Å². The van der Waals surface area contributed by atoms with Crippen molar-refractivity contribution in [3.63, 3.8) is 0 Å². The number of rotatable bonds is 3. The number of nitrogens with zero attached hydrogens (tertiary/aromatic N) is 2. The molecular weight excluding hydrogens is 226 g/mol. The van der Waals surface area contributed by atoms with Crippen LogP contribution in [0, 0.1) is 0 Å². The lowest BCUT2D eigenvalue weighted by Gasteiger charge is -2.15. The van der Waals surface area contributed by atoms with E-state index in [0.29, 0.717) is 0 Å². The number of nitrogens with two attached hydrogens (primary N) is 1. The number of hydrogen-bond acceptors (Lipinski definition) is 6. The van der Waals surface area contributed by atoms with Crippen LogP contribution in [0.5, 0.6) is 0 Å². The predicted octanol–water partition coefficient (Wildman–Crippen LogP) is -0.809. The van der Waals surface area contributed by atoms with Crippen LogP contribution in [0.3, 0.4) is 0 Å². The normalized spacial score (nSPS) is 14.6. The highest BCUT2D eigenvalue weighted by Gasteiger charge is 2.29. The number of carbonyl (C=O) groups is 1. The highest BCUT2D eigenvalue weighted by Crippen LogP contribution is 2.27. The standard InChI is InChI=1S/C7H8ClN3O4/c8-5-2(6(9)11-1-10-5)3(12)4(13)7(14)15/h1,3-4,12-13H,(H,14,15)(H2,9,10,11). The van der Waals surface area contributed by atoms with Crippen LogP contribution in [0.25, 0.3) is 0 Å². The van der Waals surface area contributed by atoms with Gasteiger partial charge >= 0.3 is 5.97 Å². The topological polar surface area (TPSA) is 130 Å². The zero-order valence-electron chi connectivity index (χ0n) is 7.33. The van der Waals surface area contributed by atoms with Gasteiger partial charge in [-0.15, -0.1) is 0 Å². The van der Waals surface area contributed by atoms with Gasteiger partial charge in [0.05, 0.1) is 5.56 Å². The Bertz CT molecular complexity index is 366. The summed E-state index contributed by atoms with van der Waals surface area (Å²) in [5, 5.41) is 26.8. The lowest BCUT2D eigenvalue weighted by atomic mass is 10.1. The monoisotopic (exact) mass is 233 g/mol. The van der Waals surface area contributed by atoms with Crippen LogP contribution in [0.2, 0.25) is 5.15 Å². The first kappa shape index (κ1) is 11.6. The molecule has 1 heterocycles. The van der Waals surface area contributed by atoms with Crippen molar-refractivity contribution in [2.45, 2.75) is 12.2 Å². The van der Waals surface area contributed by atoms with Crippen molar-refractivity contribution in [1.29, 1.82) is 0 Å². The molecule has 0 bridgehead atoms. The summed E-state index contributed by atoms with van der Waals surface area (Å²) < 4.78 is 0. The van der Waals surface area contributed by atoms with Crippen molar-refractivity contribution in [1.82, 2.24) is 9.97 Å². The summed E-state index contributed by atoms with van der Waals surface area (Å²) in [6.07, 6.45) is -2.74. The Morgan fingerprint density at radius 3 is 2.53 bits per heavy atom. The number of aliphatic hydroxyl groups is 2. The molecule has 7 nitrogen and oxygen atoms in total. The van der Waals surface area contributed by atoms with E-state index in [2.05, 4.69) is 9.97 Å². The molecule has 0 radical (unpaired) electrons. The maximum absolute atomic E-state index is 10.4. The summed E-state index contributed by atoms with van der Waals surface area (Å²) in [7, 11) is 0. The van der Waals surface area contributed by atoms with Crippen molar-refractivity contribution in [2.75, 3.05) is 5.73 Å². The van der Waals surface area contributed by atoms with Gasteiger partial charge in [-0.2, -0.15) is 0 Å². The van der Waals surface area contributed by atoms with E-state index in [1.54, 1.807) is 0 Å².